The van der Waals surface area contributed by atoms with Crippen molar-refractivity contribution in [2.75, 3.05) is 20.2 Å². The number of nitrogens with zero attached hydrogens (tertiary/aromatic N) is 1. The van der Waals surface area contributed by atoms with Gasteiger partial charge in [-0.2, -0.15) is 0 Å². The van der Waals surface area contributed by atoms with E-state index in [0.29, 0.717) is 37.9 Å². The molecule has 1 aliphatic rings. The summed E-state index contributed by atoms with van der Waals surface area (Å²) in [7, 11) is 1.56. The van der Waals surface area contributed by atoms with E-state index >= 15 is 0 Å². The van der Waals surface area contributed by atoms with Crippen molar-refractivity contribution in [1.82, 2.24) is 20.9 Å². The topological polar surface area (TPSA) is 92.4 Å². The molecule has 1 heterocycles. The summed E-state index contributed by atoms with van der Waals surface area (Å²) in [5.41, 5.74) is 0.885. The van der Waals surface area contributed by atoms with Gasteiger partial charge in [-0.1, -0.05) is 18.9 Å². The third-order valence-electron chi connectivity index (χ3n) is 4.14. The van der Waals surface area contributed by atoms with Gasteiger partial charge in [-0.15, -0.1) is 0 Å². The molecule has 132 valence electrons. The van der Waals surface area contributed by atoms with Gasteiger partial charge in [0.25, 0.3) is 0 Å². The Bertz CT molecular complexity index is 527. The lowest BCUT2D eigenvalue weighted by atomic mass is 10.0. The first-order valence-corrected chi connectivity index (χ1v) is 8.44. The van der Waals surface area contributed by atoms with E-state index in [1.54, 1.807) is 19.4 Å². The molecule has 0 bridgehead atoms. The minimum atomic E-state index is -0.268. The molecule has 1 fully saturated rings. The molecule has 1 aromatic heterocycles. The molecule has 2 rings (SSSR count). The summed E-state index contributed by atoms with van der Waals surface area (Å²) in [5, 5.41) is 8.30. The molecular formula is C17H26N4O3. The number of amides is 3. The molecule has 3 N–H and O–H groups in total. The molecule has 7 heteroatoms. The standard InChI is InChI=1S/C17H26N4O3/c1-24-16-7-6-14(11-20-16)12-21-17(23)19-9-8-18-15(22)10-13-4-2-3-5-13/h6-7,11,13H,2-5,8-10,12H2,1H3,(H,18,22)(H2,19,21,23). The van der Waals surface area contributed by atoms with Crippen molar-refractivity contribution < 1.29 is 14.3 Å². The lowest BCUT2D eigenvalue weighted by molar-refractivity contribution is -0.121. The lowest BCUT2D eigenvalue weighted by Gasteiger charge is -2.11. The number of urea groups is 1. The van der Waals surface area contributed by atoms with Crippen LogP contribution in [0.2, 0.25) is 0 Å². The molecule has 0 radical (unpaired) electrons. The maximum atomic E-state index is 11.8. The van der Waals surface area contributed by atoms with E-state index < -0.39 is 0 Å². The van der Waals surface area contributed by atoms with Gasteiger partial charge in [0, 0.05) is 38.3 Å². The fourth-order valence-corrected chi connectivity index (χ4v) is 2.81. The van der Waals surface area contributed by atoms with E-state index in [0.717, 1.165) is 18.4 Å². The maximum absolute atomic E-state index is 11.8. The number of methoxy groups -OCH3 is 1. The molecule has 7 nitrogen and oxygen atoms in total. The number of carbonyl (C=O) groups excluding carboxylic acids is 2. The highest BCUT2D eigenvalue weighted by Crippen LogP contribution is 2.27. The number of aromatic nitrogens is 1. The first-order chi connectivity index (χ1) is 11.7. The Kier molecular flexibility index (Phi) is 7.32. The molecule has 1 aliphatic carbocycles. The lowest BCUT2D eigenvalue weighted by Crippen LogP contribution is -2.40. The van der Waals surface area contributed by atoms with Gasteiger partial charge in [0.15, 0.2) is 0 Å². The van der Waals surface area contributed by atoms with Crippen molar-refractivity contribution in [1.29, 1.82) is 0 Å². The Morgan fingerprint density at radius 1 is 1.17 bits per heavy atom. The fraction of sp³-hybridized carbons (Fsp3) is 0.588. The van der Waals surface area contributed by atoms with E-state index in [2.05, 4.69) is 20.9 Å². The summed E-state index contributed by atoms with van der Waals surface area (Å²) in [6.07, 6.45) is 7.06. The summed E-state index contributed by atoms with van der Waals surface area (Å²) >= 11 is 0. The maximum Gasteiger partial charge on any atom is 0.315 e. The molecule has 24 heavy (non-hydrogen) atoms. The zero-order chi connectivity index (χ0) is 17.2. The van der Waals surface area contributed by atoms with E-state index in [1.807, 2.05) is 6.07 Å². The van der Waals surface area contributed by atoms with E-state index in [4.69, 9.17) is 4.74 Å². The first-order valence-electron chi connectivity index (χ1n) is 8.44. The van der Waals surface area contributed by atoms with Crippen LogP contribution < -0.4 is 20.7 Å². The van der Waals surface area contributed by atoms with Crippen molar-refractivity contribution in [2.24, 2.45) is 5.92 Å². The highest BCUT2D eigenvalue weighted by Gasteiger charge is 2.17. The summed E-state index contributed by atoms with van der Waals surface area (Å²) < 4.78 is 4.98. The summed E-state index contributed by atoms with van der Waals surface area (Å²) in [6, 6.07) is 3.32. The van der Waals surface area contributed by atoms with Gasteiger partial charge in [0.1, 0.15) is 0 Å². The van der Waals surface area contributed by atoms with Crippen molar-refractivity contribution in [3.8, 4) is 5.88 Å². The van der Waals surface area contributed by atoms with Gasteiger partial charge in [-0.3, -0.25) is 4.79 Å². The molecule has 0 saturated heterocycles. The molecular weight excluding hydrogens is 308 g/mol. The predicted molar refractivity (Wildman–Crippen MR) is 90.6 cm³/mol. The van der Waals surface area contributed by atoms with E-state index in [9.17, 15) is 9.59 Å². The van der Waals surface area contributed by atoms with Gasteiger partial charge in [-0.25, -0.2) is 9.78 Å². The molecule has 1 saturated carbocycles. The Labute approximate surface area is 142 Å². The predicted octanol–water partition coefficient (Wildman–Crippen LogP) is 1.59. The second kappa shape index (κ2) is 9.75. The van der Waals surface area contributed by atoms with Crippen LogP contribution in [-0.2, 0) is 11.3 Å². The Hall–Kier alpha value is -2.31. The smallest absolute Gasteiger partial charge is 0.315 e. The second-order valence-electron chi connectivity index (χ2n) is 6.02. The van der Waals surface area contributed by atoms with Crippen LogP contribution in [-0.4, -0.2) is 37.1 Å². The monoisotopic (exact) mass is 334 g/mol. The quantitative estimate of drug-likeness (QED) is 0.630. The van der Waals surface area contributed by atoms with Crippen LogP contribution in [0.25, 0.3) is 0 Å². The van der Waals surface area contributed by atoms with Gasteiger partial charge in [0.05, 0.1) is 7.11 Å². The van der Waals surface area contributed by atoms with Crippen LogP contribution in [0.5, 0.6) is 5.88 Å². The van der Waals surface area contributed by atoms with E-state index in [-0.39, 0.29) is 11.9 Å². The molecule has 1 aromatic rings. The Balaban J connectivity index is 1.53. The first kappa shape index (κ1) is 18.0. The highest BCUT2D eigenvalue weighted by molar-refractivity contribution is 5.76. The number of nitrogens with one attached hydrogen (secondary N) is 3. The van der Waals surface area contributed by atoms with Gasteiger partial charge >= 0.3 is 6.03 Å². The molecule has 3 amide bonds. The SMILES string of the molecule is COc1ccc(CNC(=O)NCCNC(=O)CC2CCCC2)cn1. The van der Waals surface area contributed by atoms with Crippen molar-refractivity contribution in [3.63, 3.8) is 0 Å². The molecule has 0 unspecified atom stereocenters. The van der Waals surface area contributed by atoms with Crippen molar-refractivity contribution in [2.45, 2.75) is 38.6 Å². The van der Waals surface area contributed by atoms with Crippen LogP contribution in [0.3, 0.4) is 0 Å². The average Bonchev–Trinajstić information content (AvgIpc) is 3.10. The average molecular weight is 334 g/mol. The Morgan fingerprint density at radius 2 is 1.92 bits per heavy atom. The number of carbonyl (C=O) groups is 2. The highest BCUT2D eigenvalue weighted by atomic mass is 16.5. The largest absolute Gasteiger partial charge is 0.481 e. The fourth-order valence-electron chi connectivity index (χ4n) is 2.81. The summed E-state index contributed by atoms with van der Waals surface area (Å²) in [4.78, 5) is 27.5. The Morgan fingerprint density at radius 3 is 2.58 bits per heavy atom. The van der Waals surface area contributed by atoms with Crippen LogP contribution in [0, 0.1) is 5.92 Å². The molecule has 0 aliphatic heterocycles. The van der Waals surface area contributed by atoms with Crippen molar-refractivity contribution in [3.05, 3.63) is 23.9 Å². The zero-order valence-corrected chi connectivity index (χ0v) is 14.1. The number of ether oxygens (including phenoxy) is 1. The second-order valence-corrected chi connectivity index (χ2v) is 6.02. The number of rotatable bonds is 8. The van der Waals surface area contributed by atoms with Gasteiger partial charge in [0.2, 0.25) is 11.8 Å². The zero-order valence-electron chi connectivity index (χ0n) is 14.1. The van der Waals surface area contributed by atoms with Gasteiger partial charge in [-0.05, 0) is 24.3 Å². The molecule has 0 aromatic carbocycles. The molecule has 0 spiro atoms. The van der Waals surface area contributed by atoms with E-state index in [1.165, 1.54) is 12.8 Å². The number of hydrogen-bond acceptors (Lipinski definition) is 4. The third-order valence-corrected chi connectivity index (χ3v) is 4.14. The van der Waals surface area contributed by atoms with Crippen LogP contribution in [0.4, 0.5) is 4.79 Å². The number of pyridine rings is 1. The minimum absolute atomic E-state index is 0.0772. The normalized spacial score (nSPS) is 14.2. The van der Waals surface area contributed by atoms with Gasteiger partial charge < -0.3 is 20.7 Å². The summed E-state index contributed by atoms with van der Waals surface area (Å²) in [6.45, 7) is 1.24. The van der Waals surface area contributed by atoms with Crippen LogP contribution >= 0.6 is 0 Å². The third kappa shape index (κ3) is 6.44. The summed E-state index contributed by atoms with van der Waals surface area (Å²) in [5.74, 6) is 1.16. The minimum Gasteiger partial charge on any atom is -0.481 e. The number of hydrogen-bond donors (Lipinski definition) is 3. The molecule has 0 atom stereocenters. The van der Waals surface area contributed by atoms with Crippen LogP contribution in [0.1, 0.15) is 37.7 Å². The van der Waals surface area contributed by atoms with Crippen LogP contribution in [0.15, 0.2) is 18.3 Å². The van der Waals surface area contributed by atoms with Crippen molar-refractivity contribution >= 4 is 11.9 Å².